The highest BCUT2D eigenvalue weighted by Crippen LogP contribution is 2.28. The molecule has 0 bridgehead atoms. The van der Waals surface area contributed by atoms with E-state index in [2.05, 4.69) is 38.9 Å². The molecule has 2 heterocycles. The highest BCUT2D eigenvalue weighted by Gasteiger charge is 2.24. The fourth-order valence-electron chi connectivity index (χ4n) is 3.71. The molecular formula is C19H27ClN4. The van der Waals surface area contributed by atoms with Crippen molar-refractivity contribution < 1.29 is 0 Å². The van der Waals surface area contributed by atoms with Crippen LogP contribution in [0.2, 0.25) is 5.15 Å². The fourth-order valence-corrected chi connectivity index (χ4v) is 3.81. The van der Waals surface area contributed by atoms with E-state index in [1.54, 1.807) is 6.07 Å². The Morgan fingerprint density at radius 3 is 2.54 bits per heavy atom. The van der Waals surface area contributed by atoms with Gasteiger partial charge in [-0.25, -0.2) is 0 Å². The van der Waals surface area contributed by atoms with E-state index >= 15 is 0 Å². The van der Waals surface area contributed by atoms with Crippen molar-refractivity contribution >= 4 is 17.4 Å². The van der Waals surface area contributed by atoms with Crippen molar-refractivity contribution in [2.75, 3.05) is 31.6 Å². The van der Waals surface area contributed by atoms with Crippen LogP contribution in [0.4, 0.5) is 5.82 Å². The predicted octanol–water partition coefficient (Wildman–Crippen LogP) is 3.61. The minimum atomic E-state index is 0.444. The number of hydrogen-bond donors (Lipinski definition) is 0. The Balaban J connectivity index is 1.44. The molecule has 0 spiro atoms. The van der Waals surface area contributed by atoms with Gasteiger partial charge in [-0.1, -0.05) is 29.9 Å². The highest BCUT2D eigenvalue weighted by atomic mass is 35.5. The zero-order valence-electron chi connectivity index (χ0n) is 14.5. The van der Waals surface area contributed by atoms with Gasteiger partial charge in [0.1, 0.15) is 0 Å². The molecule has 1 saturated heterocycles. The minimum absolute atomic E-state index is 0.444. The fraction of sp³-hybridized carbons (Fsp3) is 0.684. The molecule has 1 aliphatic carbocycles. The minimum Gasteiger partial charge on any atom is -0.355 e. The third kappa shape index (κ3) is 4.84. The molecule has 0 N–H and O–H groups in total. The third-order valence-corrected chi connectivity index (χ3v) is 5.48. The molecule has 0 unspecified atom stereocenters. The zero-order chi connectivity index (χ0) is 16.8. The van der Waals surface area contributed by atoms with E-state index in [1.165, 1.54) is 58.0 Å². The summed E-state index contributed by atoms with van der Waals surface area (Å²) in [5.41, 5.74) is 0. The van der Waals surface area contributed by atoms with Crippen molar-refractivity contribution in [1.82, 2.24) is 15.1 Å². The van der Waals surface area contributed by atoms with Crippen LogP contribution in [0.5, 0.6) is 0 Å². The summed E-state index contributed by atoms with van der Waals surface area (Å²) in [6.07, 6.45) is 8.78. The van der Waals surface area contributed by atoms with Gasteiger partial charge >= 0.3 is 0 Å². The first-order valence-corrected chi connectivity index (χ1v) is 9.53. The Bertz CT molecular complexity index is 563. The number of anilines is 1. The van der Waals surface area contributed by atoms with E-state index in [0.717, 1.165) is 12.4 Å². The van der Waals surface area contributed by atoms with Crippen LogP contribution in [-0.4, -0.2) is 47.8 Å². The van der Waals surface area contributed by atoms with Gasteiger partial charge < -0.3 is 4.90 Å². The van der Waals surface area contributed by atoms with Gasteiger partial charge in [-0.2, -0.15) is 0 Å². The maximum Gasteiger partial charge on any atom is 0.151 e. The summed E-state index contributed by atoms with van der Waals surface area (Å²) in [4.78, 5) is 4.73. The molecule has 2 fully saturated rings. The molecule has 4 nitrogen and oxygen atoms in total. The molecule has 0 amide bonds. The smallest absolute Gasteiger partial charge is 0.151 e. The van der Waals surface area contributed by atoms with Crippen LogP contribution in [0.3, 0.4) is 0 Å². The third-order valence-electron chi connectivity index (χ3n) is 5.28. The Hall–Kier alpha value is -1.31. The Labute approximate surface area is 150 Å². The second kappa shape index (κ2) is 8.69. The summed E-state index contributed by atoms with van der Waals surface area (Å²) >= 11 is 5.82. The van der Waals surface area contributed by atoms with Crippen molar-refractivity contribution in [2.24, 2.45) is 5.92 Å². The van der Waals surface area contributed by atoms with E-state index in [1.807, 2.05) is 6.07 Å². The quantitative estimate of drug-likeness (QED) is 0.782. The molecule has 1 aliphatic heterocycles. The Morgan fingerprint density at radius 1 is 1.12 bits per heavy atom. The molecule has 3 rings (SSSR count). The molecule has 24 heavy (non-hydrogen) atoms. The van der Waals surface area contributed by atoms with Crippen LogP contribution >= 0.6 is 11.6 Å². The van der Waals surface area contributed by atoms with Gasteiger partial charge in [-0.05, 0) is 63.7 Å². The van der Waals surface area contributed by atoms with Crippen molar-refractivity contribution in [3.8, 4) is 11.8 Å². The maximum absolute atomic E-state index is 5.82. The normalized spacial score (nSPS) is 24.9. The summed E-state index contributed by atoms with van der Waals surface area (Å²) in [5.74, 6) is 8.42. The highest BCUT2D eigenvalue weighted by molar-refractivity contribution is 6.29. The molecule has 0 atom stereocenters. The standard InChI is InChI=1S/C19H27ClN4/c1-23(19-12-11-18(20)21-22-19)17-9-7-16(8-10-17)6-5-15-24-13-3-2-4-14-24/h11-12,16-17H,2-4,7-10,13-15H2,1H3/t16-,17-. The summed E-state index contributed by atoms with van der Waals surface area (Å²) in [6.45, 7) is 3.42. The number of halogens is 1. The molecule has 5 heteroatoms. The van der Waals surface area contributed by atoms with Gasteiger partial charge in [0.05, 0.1) is 6.54 Å². The molecule has 1 aromatic rings. The topological polar surface area (TPSA) is 32.3 Å². The Morgan fingerprint density at radius 2 is 1.88 bits per heavy atom. The predicted molar refractivity (Wildman–Crippen MR) is 99.3 cm³/mol. The molecule has 1 aromatic heterocycles. The molecule has 1 saturated carbocycles. The van der Waals surface area contributed by atoms with Gasteiger partial charge in [0.25, 0.3) is 0 Å². The maximum atomic E-state index is 5.82. The van der Waals surface area contributed by atoms with Gasteiger partial charge in [-0.3, -0.25) is 4.90 Å². The van der Waals surface area contributed by atoms with Gasteiger partial charge in [-0.15, -0.1) is 10.2 Å². The first kappa shape index (κ1) is 17.5. The van der Waals surface area contributed by atoms with Crippen molar-refractivity contribution in [3.63, 3.8) is 0 Å². The lowest BCUT2D eigenvalue weighted by Gasteiger charge is -2.33. The summed E-state index contributed by atoms with van der Waals surface area (Å²) in [5, 5.41) is 8.57. The zero-order valence-corrected chi connectivity index (χ0v) is 15.3. The van der Waals surface area contributed by atoms with Gasteiger partial charge in [0, 0.05) is 19.0 Å². The van der Waals surface area contributed by atoms with E-state index in [0.29, 0.717) is 17.1 Å². The second-order valence-corrected chi connectivity index (χ2v) is 7.38. The summed E-state index contributed by atoms with van der Waals surface area (Å²) in [6, 6.07) is 4.28. The molecular weight excluding hydrogens is 320 g/mol. The van der Waals surface area contributed by atoms with Crippen LogP contribution in [0.15, 0.2) is 12.1 Å². The number of aromatic nitrogens is 2. The van der Waals surface area contributed by atoms with Crippen LogP contribution in [-0.2, 0) is 0 Å². The van der Waals surface area contributed by atoms with Crippen molar-refractivity contribution in [2.45, 2.75) is 51.0 Å². The average Bonchev–Trinajstić information content (AvgIpc) is 2.63. The van der Waals surface area contributed by atoms with Crippen LogP contribution in [0, 0.1) is 17.8 Å². The number of hydrogen-bond acceptors (Lipinski definition) is 4. The van der Waals surface area contributed by atoms with Crippen molar-refractivity contribution in [1.29, 1.82) is 0 Å². The van der Waals surface area contributed by atoms with E-state index in [4.69, 9.17) is 11.6 Å². The van der Waals surface area contributed by atoms with Crippen molar-refractivity contribution in [3.05, 3.63) is 17.3 Å². The van der Waals surface area contributed by atoms with Crippen LogP contribution in [0.25, 0.3) is 0 Å². The van der Waals surface area contributed by atoms with Crippen LogP contribution in [0.1, 0.15) is 44.9 Å². The average molecular weight is 347 g/mol. The van der Waals surface area contributed by atoms with Gasteiger partial charge in [0.2, 0.25) is 0 Å². The number of piperidine rings is 1. The summed E-state index contributed by atoms with van der Waals surface area (Å²) in [7, 11) is 2.10. The largest absolute Gasteiger partial charge is 0.355 e. The van der Waals surface area contributed by atoms with Crippen LogP contribution < -0.4 is 4.90 Å². The number of rotatable bonds is 3. The lowest BCUT2D eigenvalue weighted by atomic mass is 9.86. The number of likely N-dealkylation sites (tertiary alicyclic amines) is 1. The summed E-state index contributed by atoms with van der Waals surface area (Å²) < 4.78 is 0. The molecule has 130 valence electrons. The second-order valence-electron chi connectivity index (χ2n) is 6.99. The lowest BCUT2D eigenvalue weighted by Crippen LogP contribution is -2.35. The molecule has 0 radical (unpaired) electrons. The SMILES string of the molecule is CN(c1ccc(Cl)nn1)[C@H]1CC[C@H](C#CCN2CCCCC2)CC1. The van der Waals surface area contributed by atoms with E-state index < -0.39 is 0 Å². The molecule has 2 aliphatic rings. The Kier molecular flexibility index (Phi) is 6.34. The first-order valence-electron chi connectivity index (χ1n) is 9.15. The van der Waals surface area contributed by atoms with E-state index in [-0.39, 0.29) is 0 Å². The van der Waals surface area contributed by atoms with E-state index in [9.17, 15) is 0 Å². The lowest BCUT2D eigenvalue weighted by molar-refractivity contribution is 0.255. The first-order chi connectivity index (χ1) is 11.7. The molecule has 0 aromatic carbocycles. The number of nitrogens with zero attached hydrogens (tertiary/aromatic N) is 4. The monoisotopic (exact) mass is 346 g/mol. The van der Waals surface area contributed by atoms with Gasteiger partial charge in [0.15, 0.2) is 11.0 Å².